The van der Waals surface area contributed by atoms with Gasteiger partial charge in [-0.3, -0.25) is 4.79 Å². The summed E-state index contributed by atoms with van der Waals surface area (Å²) in [6.45, 7) is 4.88. The largest absolute Gasteiger partial charge is 0.497 e. The van der Waals surface area contributed by atoms with E-state index in [-0.39, 0.29) is 0 Å². The average molecular weight is 426 g/mol. The number of hydrogen-bond donors (Lipinski definition) is 1. The smallest absolute Gasteiger partial charge is 0.228 e. The van der Waals surface area contributed by atoms with Crippen molar-refractivity contribution in [2.45, 2.75) is 37.1 Å². The van der Waals surface area contributed by atoms with Gasteiger partial charge in [-0.2, -0.15) is 0 Å². The Morgan fingerprint density at radius 1 is 1.17 bits per heavy atom. The van der Waals surface area contributed by atoms with Crippen LogP contribution in [0.5, 0.6) is 5.75 Å². The van der Waals surface area contributed by atoms with Gasteiger partial charge >= 0.3 is 0 Å². The summed E-state index contributed by atoms with van der Waals surface area (Å²) >= 11 is 1.84. The number of fused-ring (bicyclic) bond motifs is 1. The van der Waals surface area contributed by atoms with Gasteiger partial charge in [0, 0.05) is 23.7 Å². The number of hydrogen-bond acceptors (Lipinski definition) is 3. The van der Waals surface area contributed by atoms with Crippen molar-refractivity contribution in [3.05, 3.63) is 59.7 Å². The van der Waals surface area contributed by atoms with Gasteiger partial charge in [0.25, 0.3) is 0 Å². The number of carbonyl (C=O) groups is 1. The SMILES string of the molecule is COc1ccc2c(c1)CN(C(=O)CC[NH+]1CCC(Cc3ccccc3)CC1)CCS2. The predicted octanol–water partition coefficient (Wildman–Crippen LogP) is 3.06. The maximum Gasteiger partial charge on any atom is 0.228 e. The van der Waals surface area contributed by atoms with Gasteiger partial charge in [0.1, 0.15) is 5.75 Å². The second-order valence-corrected chi connectivity index (χ2v) is 9.66. The van der Waals surface area contributed by atoms with Gasteiger partial charge in [0.05, 0.1) is 33.2 Å². The van der Waals surface area contributed by atoms with Crippen LogP contribution in [0.15, 0.2) is 53.4 Å². The fraction of sp³-hybridized carbons (Fsp3) is 0.480. The van der Waals surface area contributed by atoms with Gasteiger partial charge in [0.15, 0.2) is 0 Å². The number of ether oxygens (including phenoxy) is 1. The third-order valence-electron chi connectivity index (χ3n) is 6.47. The Balaban J connectivity index is 1.24. The normalized spacial score (nSPS) is 21.6. The minimum absolute atomic E-state index is 0.296. The van der Waals surface area contributed by atoms with Gasteiger partial charge in [-0.25, -0.2) is 0 Å². The molecule has 1 amide bonds. The first kappa shape index (κ1) is 21.3. The third-order valence-corrected chi connectivity index (χ3v) is 7.57. The molecule has 0 radical (unpaired) electrons. The lowest BCUT2D eigenvalue weighted by atomic mass is 9.90. The first-order valence-corrected chi connectivity index (χ1v) is 12.1. The molecular formula is C25H33N2O2S+. The van der Waals surface area contributed by atoms with E-state index in [1.54, 1.807) is 12.0 Å². The molecular weight excluding hydrogens is 392 g/mol. The van der Waals surface area contributed by atoms with E-state index in [1.807, 2.05) is 22.7 Å². The zero-order valence-electron chi connectivity index (χ0n) is 17.9. The number of thioether (sulfide) groups is 1. The van der Waals surface area contributed by atoms with E-state index < -0.39 is 0 Å². The highest BCUT2D eigenvalue weighted by atomic mass is 32.2. The highest BCUT2D eigenvalue weighted by Gasteiger charge is 2.25. The summed E-state index contributed by atoms with van der Waals surface area (Å²) in [5.41, 5.74) is 2.66. The Hall–Kier alpha value is -1.98. The molecule has 4 nitrogen and oxygen atoms in total. The van der Waals surface area contributed by atoms with Gasteiger partial charge < -0.3 is 14.5 Å². The number of nitrogens with zero attached hydrogens (tertiary/aromatic N) is 1. The molecule has 30 heavy (non-hydrogen) atoms. The lowest BCUT2D eigenvalue weighted by Gasteiger charge is -2.30. The number of methoxy groups -OCH3 is 1. The maximum atomic E-state index is 12.9. The van der Waals surface area contributed by atoms with E-state index in [4.69, 9.17) is 4.74 Å². The summed E-state index contributed by atoms with van der Waals surface area (Å²) in [6.07, 6.45) is 4.39. The Bertz CT molecular complexity index is 834. The Labute approximate surface area is 184 Å². The molecule has 2 heterocycles. The molecule has 2 aromatic rings. The van der Waals surface area contributed by atoms with Crippen LogP contribution in [-0.4, -0.2) is 49.8 Å². The zero-order valence-corrected chi connectivity index (χ0v) is 18.8. The van der Waals surface area contributed by atoms with Crippen LogP contribution in [0.4, 0.5) is 0 Å². The molecule has 2 aromatic carbocycles. The van der Waals surface area contributed by atoms with Crippen molar-refractivity contribution in [3.8, 4) is 5.75 Å². The van der Waals surface area contributed by atoms with Crippen molar-refractivity contribution in [2.75, 3.05) is 39.0 Å². The van der Waals surface area contributed by atoms with Crippen LogP contribution in [0.25, 0.3) is 0 Å². The number of nitrogens with one attached hydrogen (secondary N) is 1. The topological polar surface area (TPSA) is 34.0 Å². The van der Waals surface area contributed by atoms with Crippen molar-refractivity contribution in [3.63, 3.8) is 0 Å². The average Bonchev–Trinajstić information content (AvgIpc) is 3.01. The van der Waals surface area contributed by atoms with E-state index in [1.165, 1.54) is 48.4 Å². The molecule has 0 bridgehead atoms. The fourth-order valence-corrected chi connectivity index (χ4v) is 5.64. The van der Waals surface area contributed by atoms with E-state index in [9.17, 15) is 4.79 Å². The molecule has 0 saturated carbocycles. The summed E-state index contributed by atoms with van der Waals surface area (Å²) in [4.78, 5) is 17.8. The molecule has 160 valence electrons. The Morgan fingerprint density at radius 3 is 2.73 bits per heavy atom. The monoisotopic (exact) mass is 425 g/mol. The lowest BCUT2D eigenvalue weighted by molar-refractivity contribution is -0.905. The molecule has 2 aliphatic rings. The highest BCUT2D eigenvalue weighted by molar-refractivity contribution is 7.99. The third kappa shape index (κ3) is 5.58. The molecule has 0 aromatic heterocycles. The molecule has 1 N–H and O–H groups in total. The summed E-state index contributed by atoms with van der Waals surface area (Å²) < 4.78 is 5.37. The number of benzene rings is 2. The standard InChI is InChI=1S/C25H32N2O2S/c1-29-23-7-8-24-22(18-23)19-27(15-16-30-24)25(28)11-14-26-12-9-21(10-13-26)17-20-5-3-2-4-6-20/h2-8,18,21H,9-17,19H2,1H3/p+1. The minimum Gasteiger partial charge on any atom is -0.497 e. The number of rotatable bonds is 6. The predicted molar refractivity (Wildman–Crippen MR) is 122 cm³/mol. The zero-order chi connectivity index (χ0) is 20.8. The second-order valence-electron chi connectivity index (χ2n) is 8.52. The van der Waals surface area contributed by atoms with Crippen LogP contribution in [0.2, 0.25) is 0 Å². The first-order chi connectivity index (χ1) is 14.7. The molecule has 1 saturated heterocycles. The van der Waals surface area contributed by atoms with Crippen LogP contribution in [0.1, 0.15) is 30.4 Å². The van der Waals surface area contributed by atoms with Crippen LogP contribution in [-0.2, 0) is 17.8 Å². The number of amides is 1. The van der Waals surface area contributed by atoms with E-state index in [0.717, 1.165) is 30.5 Å². The summed E-state index contributed by atoms with van der Waals surface area (Å²) in [7, 11) is 1.69. The quantitative estimate of drug-likeness (QED) is 0.772. The maximum absolute atomic E-state index is 12.9. The Morgan fingerprint density at radius 2 is 1.97 bits per heavy atom. The molecule has 0 atom stereocenters. The van der Waals surface area contributed by atoms with Crippen molar-refractivity contribution < 1.29 is 14.4 Å². The van der Waals surface area contributed by atoms with Crippen molar-refractivity contribution in [1.29, 1.82) is 0 Å². The van der Waals surface area contributed by atoms with Gasteiger partial charge in [-0.05, 0) is 54.5 Å². The first-order valence-electron chi connectivity index (χ1n) is 11.2. The number of carbonyl (C=O) groups excluding carboxylic acids is 1. The number of likely N-dealkylation sites (tertiary alicyclic amines) is 1. The van der Waals surface area contributed by atoms with Gasteiger partial charge in [0.2, 0.25) is 5.91 Å². The van der Waals surface area contributed by atoms with E-state index >= 15 is 0 Å². The second kappa shape index (κ2) is 10.4. The summed E-state index contributed by atoms with van der Waals surface area (Å²) in [5, 5.41) is 0. The fourth-order valence-electron chi connectivity index (χ4n) is 4.64. The van der Waals surface area contributed by atoms with Crippen LogP contribution >= 0.6 is 11.8 Å². The highest BCUT2D eigenvalue weighted by Crippen LogP contribution is 2.30. The molecule has 2 aliphatic heterocycles. The van der Waals surface area contributed by atoms with E-state index in [0.29, 0.717) is 18.9 Å². The van der Waals surface area contributed by atoms with Crippen molar-refractivity contribution in [2.24, 2.45) is 5.92 Å². The van der Waals surface area contributed by atoms with Crippen LogP contribution in [0.3, 0.4) is 0 Å². The summed E-state index contributed by atoms with van der Waals surface area (Å²) in [5.74, 6) is 2.92. The molecule has 1 fully saturated rings. The van der Waals surface area contributed by atoms with Gasteiger partial charge in [-0.1, -0.05) is 30.3 Å². The molecule has 5 heteroatoms. The number of quaternary nitrogens is 1. The van der Waals surface area contributed by atoms with Crippen molar-refractivity contribution >= 4 is 17.7 Å². The van der Waals surface area contributed by atoms with Crippen LogP contribution < -0.4 is 9.64 Å². The van der Waals surface area contributed by atoms with Crippen LogP contribution in [0, 0.1) is 5.92 Å². The number of piperidine rings is 1. The Kier molecular flexibility index (Phi) is 7.34. The van der Waals surface area contributed by atoms with Gasteiger partial charge in [-0.15, -0.1) is 11.8 Å². The minimum atomic E-state index is 0.296. The van der Waals surface area contributed by atoms with Crippen molar-refractivity contribution in [1.82, 2.24) is 4.90 Å². The molecule has 0 aliphatic carbocycles. The molecule has 0 spiro atoms. The molecule has 0 unspecified atom stereocenters. The summed E-state index contributed by atoms with van der Waals surface area (Å²) in [6, 6.07) is 17.1. The van der Waals surface area contributed by atoms with E-state index in [2.05, 4.69) is 42.5 Å². The lowest BCUT2D eigenvalue weighted by Crippen LogP contribution is -3.13. The molecule has 4 rings (SSSR count).